The van der Waals surface area contributed by atoms with Crippen molar-refractivity contribution in [3.8, 4) is 0 Å². The fraction of sp³-hybridized carbons (Fsp3) is 0.455. The van der Waals surface area contributed by atoms with Gasteiger partial charge in [0.2, 0.25) is 0 Å². The first-order valence-corrected chi connectivity index (χ1v) is 4.97. The second kappa shape index (κ2) is 5.34. The largest absolute Gasteiger partial charge is 0.449 e. The van der Waals surface area contributed by atoms with Gasteiger partial charge >= 0.3 is 6.09 Å². The van der Waals surface area contributed by atoms with E-state index in [1.54, 1.807) is 19.2 Å². The van der Waals surface area contributed by atoms with Gasteiger partial charge < -0.3 is 4.74 Å². The molecule has 1 heterocycles. The molecule has 0 saturated carbocycles. The molecule has 0 fully saturated rings. The molecule has 1 rings (SSSR count). The lowest BCUT2D eigenvalue weighted by Crippen LogP contribution is -2.33. The number of Topliss-reactive ketones (excluding diaryl/α,β-unsaturated/α-hetero) is 1. The molecule has 1 amide bonds. The number of amides is 1. The van der Waals surface area contributed by atoms with Crippen molar-refractivity contribution in [3.63, 3.8) is 0 Å². The number of nitrogens with zero attached hydrogens (tertiary/aromatic N) is 1. The zero-order valence-electron chi connectivity index (χ0n) is 8.86. The third-order valence-corrected chi connectivity index (χ3v) is 2.12. The highest BCUT2D eigenvalue weighted by Crippen LogP contribution is 2.15. The molecule has 15 heavy (non-hydrogen) atoms. The normalized spacial score (nSPS) is 15.9. The lowest BCUT2D eigenvalue weighted by molar-refractivity contribution is -0.116. The van der Waals surface area contributed by atoms with Crippen molar-refractivity contribution < 1.29 is 14.3 Å². The molecule has 0 saturated heterocycles. The average Bonchev–Trinajstić information content (AvgIpc) is 2.22. The first-order chi connectivity index (χ1) is 7.19. The van der Waals surface area contributed by atoms with Crippen LogP contribution >= 0.6 is 0 Å². The van der Waals surface area contributed by atoms with Crippen LogP contribution in [-0.4, -0.2) is 29.9 Å². The van der Waals surface area contributed by atoms with Crippen molar-refractivity contribution in [2.45, 2.75) is 19.8 Å². The molecule has 0 spiro atoms. The van der Waals surface area contributed by atoms with Crippen LogP contribution in [0.25, 0.3) is 0 Å². The lowest BCUT2D eigenvalue weighted by Gasteiger charge is -2.22. The number of ether oxygens (including phenoxy) is 1. The van der Waals surface area contributed by atoms with Crippen LogP contribution in [0, 0.1) is 0 Å². The van der Waals surface area contributed by atoms with E-state index >= 15 is 0 Å². The summed E-state index contributed by atoms with van der Waals surface area (Å²) in [4.78, 5) is 24.2. The number of allylic oxidation sites excluding steroid dienone is 2. The fourth-order valence-corrected chi connectivity index (χ4v) is 1.38. The van der Waals surface area contributed by atoms with Gasteiger partial charge in [0.15, 0.2) is 5.78 Å². The minimum Gasteiger partial charge on any atom is -0.449 e. The predicted octanol–water partition coefficient (Wildman–Crippen LogP) is 1.88. The summed E-state index contributed by atoms with van der Waals surface area (Å²) in [6, 6.07) is 0. The molecule has 0 aromatic heterocycles. The Hall–Kier alpha value is -1.58. The maximum atomic E-state index is 11.4. The summed E-state index contributed by atoms with van der Waals surface area (Å²) in [5.74, 6) is 0.0791. The van der Waals surface area contributed by atoms with Crippen LogP contribution in [0.2, 0.25) is 0 Å². The highest BCUT2D eigenvalue weighted by atomic mass is 16.6. The average molecular weight is 209 g/mol. The van der Waals surface area contributed by atoms with E-state index < -0.39 is 6.09 Å². The summed E-state index contributed by atoms with van der Waals surface area (Å²) in [6.45, 7) is 6.06. The molecule has 82 valence electrons. The van der Waals surface area contributed by atoms with Crippen LogP contribution in [0.3, 0.4) is 0 Å². The Kier molecular flexibility index (Phi) is 4.09. The molecule has 0 aromatic carbocycles. The number of carbonyl (C=O) groups excluding carboxylic acids is 2. The molecule has 0 N–H and O–H groups in total. The van der Waals surface area contributed by atoms with Gasteiger partial charge in [-0.3, -0.25) is 9.69 Å². The SMILES string of the molecule is C=CCC1=CN(C(=O)OCC)CCC1=O. The third-order valence-electron chi connectivity index (χ3n) is 2.12. The molecule has 1 aliphatic rings. The van der Waals surface area contributed by atoms with Crippen LogP contribution in [0.5, 0.6) is 0 Å². The molecule has 0 aromatic rings. The van der Waals surface area contributed by atoms with Crippen molar-refractivity contribution in [2.75, 3.05) is 13.2 Å². The number of carbonyl (C=O) groups is 2. The van der Waals surface area contributed by atoms with Gasteiger partial charge in [-0.2, -0.15) is 0 Å². The van der Waals surface area contributed by atoms with Gasteiger partial charge in [-0.1, -0.05) is 6.08 Å². The minimum atomic E-state index is -0.397. The van der Waals surface area contributed by atoms with E-state index in [0.29, 0.717) is 31.6 Å². The molecule has 4 nitrogen and oxygen atoms in total. The van der Waals surface area contributed by atoms with Crippen molar-refractivity contribution >= 4 is 11.9 Å². The molecule has 0 radical (unpaired) electrons. The van der Waals surface area contributed by atoms with Crippen LogP contribution < -0.4 is 0 Å². The van der Waals surface area contributed by atoms with Crippen molar-refractivity contribution in [3.05, 3.63) is 24.4 Å². The van der Waals surface area contributed by atoms with Gasteiger partial charge in [-0.15, -0.1) is 6.58 Å². The number of ketones is 1. The van der Waals surface area contributed by atoms with Crippen LogP contribution in [0.1, 0.15) is 19.8 Å². The van der Waals surface area contributed by atoms with E-state index in [1.807, 2.05) is 0 Å². The maximum absolute atomic E-state index is 11.4. The fourth-order valence-electron chi connectivity index (χ4n) is 1.38. The van der Waals surface area contributed by atoms with Gasteiger partial charge in [0.05, 0.1) is 6.61 Å². The van der Waals surface area contributed by atoms with Gasteiger partial charge in [0.1, 0.15) is 0 Å². The quantitative estimate of drug-likeness (QED) is 0.667. The summed E-state index contributed by atoms with van der Waals surface area (Å²) in [6.07, 6.45) is 3.67. The van der Waals surface area contributed by atoms with Crippen molar-refractivity contribution in [1.29, 1.82) is 0 Å². The first kappa shape index (κ1) is 11.5. The Morgan fingerprint density at radius 1 is 1.73 bits per heavy atom. The Balaban J connectivity index is 2.72. The Morgan fingerprint density at radius 3 is 3.07 bits per heavy atom. The molecular weight excluding hydrogens is 194 g/mol. The van der Waals surface area contributed by atoms with Crippen molar-refractivity contribution in [1.82, 2.24) is 4.90 Å². The van der Waals surface area contributed by atoms with E-state index in [0.717, 1.165) is 0 Å². The Labute approximate surface area is 89.2 Å². The molecular formula is C11H15NO3. The van der Waals surface area contributed by atoms with E-state index in [9.17, 15) is 9.59 Å². The number of hydrogen-bond donors (Lipinski definition) is 0. The van der Waals surface area contributed by atoms with E-state index in [1.165, 1.54) is 4.90 Å². The molecule has 0 bridgehead atoms. The Bertz CT molecular complexity index is 307. The highest BCUT2D eigenvalue weighted by Gasteiger charge is 2.21. The van der Waals surface area contributed by atoms with Gasteiger partial charge in [0, 0.05) is 24.7 Å². The summed E-state index contributed by atoms with van der Waals surface area (Å²) in [5, 5.41) is 0. The van der Waals surface area contributed by atoms with Gasteiger partial charge in [0.25, 0.3) is 0 Å². The topological polar surface area (TPSA) is 46.6 Å². The van der Waals surface area contributed by atoms with E-state index in [2.05, 4.69) is 6.58 Å². The zero-order valence-corrected chi connectivity index (χ0v) is 8.86. The monoisotopic (exact) mass is 209 g/mol. The number of hydrogen-bond acceptors (Lipinski definition) is 3. The number of rotatable bonds is 3. The smallest absolute Gasteiger partial charge is 0.413 e. The van der Waals surface area contributed by atoms with Crippen LogP contribution in [0.4, 0.5) is 4.79 Å². The highest BCUT2D eigenvalue weighted by molar-refractivity contribution is 5.97. The van der Waals surface area contributed by atoms with E-state index in [-0.39, 0.29) is 5.78 Å². The molecule has 0 aliphatic carbocycles. The van der Waals surface area contributed by atoms with Gasteiger partial charge in [-0.05, 0) is 13.3 Å². The molecule has 0 unspecified atom stereocenters. The van der Waals surface area contributed by atoms with E-state index in [4.69, 9.17) is 4.74 Å². The van der Waals surface area contributed by atoms with Crippen molar-refractivity contribution in [2.24, 2.45) is 0 Å². The molecule has 4 heteroatoms. The summed E-state index contributed by atoms with van der Waals surface area (Å²) in [7, 11) is 0. The second-order valence-corrected chi connectivity index (χ2v) is 3.21. The standard InChI is InChI=1S/C11H15NO3/c1-3-5-9-8-12(7-6-10(9)13)11(14)15-4-2/h3,8H,1,4-7H2,2H3. The zero-order chi connectivity index (χ0) is 11.3. The lowest BCUT2D eigenvalue weighted by atomic mass is 10.0. The van der Waals surface area contributed by atoms with Gasteiger partial charge in [-0.25, -0.2) is 4.79 Å². The minimum absolute atomic E-state index is 0.0791. The summed E-state index contributed by atoms with van der Waals surface area (Å²) < 4.78 is 4.85. The second-order valence-electron chi connectivity index (χ2n) is 3.21. The third kappa shape index (κ3) is 2.94. The molecule has 1 aliphatic heterocycles. The van der Waals surface area contributed by atoms with Crippen LogP contribution in [-0.2, 0) is 9.53 Å². The summed E-state index contributed by atoms with van der Waals surface area (Å²) in [5.41, 5.74) is 0.615. The first-order valence-electron chi connectivity index (χ1n) is 4.97. The summed E-state index contributed by atoms with van der Waals surface area (Å²) >= 11 is 0. The Morgan fingerprint density at radius 2 is 2.47 bits per heavy atom. The predicted molar refractivity (Wildman–Crippen MR) is 56.2 cm³/mol. The van der Waals surface area contributed by atoms with Crippen LogP contribution in [0.15, 0.2) is 24.4 Å². The molecule has 0 atom stereocenters. The maximum Gasteiger partial charge on any atom is 0.413 e.